The summed E-state index contributed by atoms with van der Waals surface area (Å²) in [7, 11) is -3.30. The van der Waals surface area contributed by atoms with Crippen molar-refractivity contribution in [1.82, 2.24) is 9.88 Å². The van der Waals surface area contributed by atoms with Crippen LogP contribution < -0.4 is 4.74 Å². The van der Waals surface area contributed by atoms with E-state index in [-0.39, 0.29) is 5.03 Å². The second kappa shape index (κ2) is 9.12. The first-order valence-electron chi connectivity index (χ1n) is 9.47. The van der Waals surface area contributed by atoms with Gasteiger partial charge in [-0.3, -0.25) is 4.90 Å². The van der Waals surface area contributed by atoms with Crippen molar-refractivity contribution in [1.29, 1.82) is 5.26 Å². The SMILES string of the molecule is CC1CC(COc2ccc(S(C)(=O)=O)nc2)CN1CCc1cc(Cl)cc(C#N)c1. The van der Waals surface area contributed by atoms with Gasteiger partial charge in [0.1, 0.15) is 5.75 Å². The first kappa shape index (κ1) is 21.6. The molecule has 0 saturated carbocycles. The molecule has 6 nitrogen and oxygen atoms in total. The molecule has 1 aliphatic rings. The van der Waals surface area contributed by atoms with Gasteiger partial charge in [0.15, 0.2) is 14.9 Å². The molecule has 0 bridgehead atoms. The van der Waals surface area contributed by atoms with Crippen LogP contribution in [0.15, 0.2) is 41.6 Å². The number of aromatic nitrogens is 1. The van der Waals surface area contributed by atoms with Crippen LogP contribution in [-0.4, -0.2) is 50.3 Å². The maximum Gasteiger partial charge on any atom is 0.192 e. The van der Waals surface area contributed by atoms with Gasteiger partial charge in [-0.1, -0.05) is 11.6 Å². The van der Waals surface area contributed by atoms with Crippen LogP contribution in [0.4, 0.5) is 0 Å². The van der Waals surface area contributed by atoms with Crippen molar-refractivity contribution in [2.75, 3.05) is 26.0 Å². The first-order valence-corrected chi connectivity index (χ1v) is 11.7. The third kappa shape index (κ3) is 5.92. The number of rotatable bonds is 7. The predicted octanol–water partition coefficient (Wildman–Crippen LogP) is 3.34. The first-order chi connectivity index (χ1) is 13.7. The van der Waals surface area contributed by atoms with Crippen LogP contribution in [0.2, 0.25) is 5.02 Å². The largest absolute Gasteiger partial charge is 0.492 e. The molecule has 0 radical (unpaired) electrons. The van der Waals surface area contributed by atoms with E-state index in [0.29, 0.717) is 34.9 Å². The lowest BCUT2D eigenvalue weighted by molar-refractivity contribution is 0.234. The molecule has 154 valence electrons. The number of halogens is 1. The van der Waals surface area contributed by atoms with E-state index in [1.165, 1.54) is 12.3 Å². The second-order valence-electron chi connectivity index (χ2n) is 7.57. The molecule has 8 heteroatoms. The molecule has 3 rings (SSSR count). The number of benzene rings is 1. The Hall–Kier alpha value is -2.14. The van der Waals surface area contributed by atoms with Crippen LogP contribution >= 0.6 is 11.6 Å². The van der Waals surface area contributed by atoms with E-state index in [1.807, 2.05) is 12.1 Å². The lowest BCUT2D eigenvalue weighted by atomic mass is 10.1. The summed E-state index contributed by atoms with van der Waals surface area (Å²) in [6.45, 7) is 4.60. The average Bonchev–Trinajstić information content (AvgIpc) is 3.03. The van der Waals surface area contributed by atoms with E-state index in [4.69, 9.17) is 21.6 Å². The quantitative estimate of drug-likeness (QED) is 0.665. The van der Waals surface area contributed by atoms with Gasteiger partial charge in [0.25, 0.3) is 0 Å². The fourth-order valence-electron chi connectivity index (χ4n) is 3.67. The molecule has 2 atom stereocenters. The predicted molar refractivity (Wildman–Crippen MR) is 112 cm³/mol. The molecule has 2 aromatic rings. The van der Waals surface area contributed by atoms with E-state index in [2.05, 4.69) is 22.9 Å². The topological polar surface area (TPSA) is 83.3 Å². The summed E-state index contributed by atoms with van der Waals surface area (Å²) in [6, 6.07) is 11.2. The molecule has 1 saturated heterocycles. The molecule has 1 fully saturated rings. The standard InChI is InChI=1S/C21H24ClN3O3S/c1-15-7-18(14-28-20-3-4-21(24-12-20)29(2,26)27)13-25(15)6-5-16-8-17(11-23)10-19(22)9-16/h3-4,8-10,12,15,18H,5-7,13-14H2,1-2H3. The number of hydrogen-bond acceptors (Lipinski definition) is 6. The number of pyridine rings is 1. The van der Waals surface area contributed by atoms with Gasteiger partial charge in [-0.2, -0.15) is 5.26 Å². The monoisotopic (exact) mass is 433 g/mol. The zero-order valence-electron chi connectivity index (χ0n) is 16.5. The van der Waals surface area contributed by atoms with Crippen LogP contribution in [0.25, 0.3) is 0 Å². The van der Waals surface area contributed by atoms with Gasteiger partial charge in [-0.25, -0.2) is 13.4 Å². The molecule has 2 heterocycles. The van der Waals surface area contributed by atoms with Crippen LogP contribution in [0, 0.1) is 17.2 Å². The van der Waals surface area contributed by atoms with Crippen LogP contribution in [0.5, 0.6) is 5.75 Å². The van der Waals surface area contributed by atoms with Crippen molar-refractivity contribution in [2.45, 2.75) is 30.8 Å². The highest BCUT2D eigenvalue weighted by Gasteiger charge is 2.29. The van der Waals surface area contributed by atoms with Crippen LogP contribution in [0.1, 0.15) is 24.5 Å². The smallest absolute Gasteiger partial charge is 0.192 e. The van der Waals surface area contributed by atoms with Crippen molar-refractivity contribution in [2.24, 2.45) is 5.92 Å². The zero-order valence-corrected chi connectivity index (χ0v) is 18.1. The van der Waals surface area contributed by atoms with E-state index < -0.39 is 9.84 Å². The number of nitrogens with zero attached hydrogens (tertiary/aromatic N) is 3. The highest BCUT2D eigenvalue weighted by molar-refractivity contribution is 7.90. The average molecular weight is 434 g/mol. The maximum atomic E-state index is 11.5. The minimum absolute atomic E-state index is 0.0473. The lowest BCUT2D eigenvalue weighted by Gasteiger charge is -2.21. The van der Waals surface area contributed by atoms with Crippen LogP contribution in [0.3, 0.4) is 0 Å². The lowest BCUT2D eigenvalue weighted by Crippen LogP contribution is -2.29. The summed E-state index contributed by atoms with van der Waals surface area (Å²) < 4.78 is 28.8. The number of nitriles is 1. The molecule has 2 unspecified atom stereocenters. The number of ether oxygens (including phenoxy) is 1. The molecule has 1 aliphatic heterocycles. The van der Waals surface area contributed by atoms with E-state index in [0.717, 1.165) is 37.8 Å². The molecule has 1 aromatic heterocycles. The third-order valence-electron chi connectivity index (χ3n) is 5.14. The Morgan fingerprint density at radius 3 is 2.79 bits per heavy atom. The van der Waals surface area contributed by atoms with Gasteiger partial charge < -0.3 is 4.74 Å². The second-order valence-corrected chi connectivity index (χ2v) is 9.97. The van der Waals surface area contributed by atoms with Crippen molar-refractivity contribution >= 4 is 21.4 Å². The van der Waals surface area contributed by atoms with E-state index in [1.54, 1.807) is 12.1 Å². The van der Waals surface area contributed by atoms with Crippen molar-refractivity contribution in [3.05, 3.63) is 52.7 Å². The number of likely N-dealkylation sites (tertiary alicyclic amines) is 1. The maximum absolute atomic E-state index is 11.5. The molecule has 0 N–H and O–H groups in total. The van der Waals surface area contributed by atoms with Gasteiger partial charge in [-0.05, 0) is 55.7 Å². The molecule has 0 amide bonds. The number of sulfone groups is 1. The molecular formula is C21H24ClN3O3S. The van der Waals surface area contributed by atoms with Crippen molar-refractivity contribution < 1.29 is 13.2 Å². The van der Waals surface area contributed by atoms with Gasteiger partial charge in [0.05, 0.1) is 24.4 Å². The normalized spacial score (nSPS) is 19.8. The molecule has 29 heavy (non-hydrogen) atoms. The Balaban J connectivity index is 1.51. The van der Waals surface area contributed by atoms with Gasteiger partial charge in [0.2, 0.25) is 0 Å². The summed E-state index contributed by atoms with van der Waals surface area (Å²) in [5.74, 6) is 0.972. The minimum Gasteiger partial charge on any atom is -0.492 e. The van der Waals surface area contributed by atoms with Crippen molar-refractivity contribution in [3.8, 4) is 11.8 Å². The summed E-state index contributed by atoms with van der Waals surface area (Å²) in [4.78, 5) is 6.37. The minimum atomic E-state index is -3.30. The Labute approximate surface area is 177 Å². The molecule has 0 aliphatic carbocycles. The Kier molecular flexibility index (Phi) is 6.78. The Bertz CT molecular complexity index is 1000. The van der Waals surface area contributed by atoms with Crippen molar-refractivity contribution in [3.63, 3.8) is 0 Å². The van der Waals surface area contributed by atoms with Gasteiger partial charge >= 0.3 is 0 Å². The third-order valence-corrected chi connectivity index (χ3v) is 6.36. The summed E-state index contributed by atoms with van der Waals surface area (Å²) in [6.07, 6.45) is 4.46. The molecule has 0 spiro atoms. The fourth-order valence-corrected chi connectivity index (χ4v) is 4.48. The zero-order chi connectivity index (χ0) is 21.0. The van der Waals surface area contributed by atoms with Crippen LogP contribution in [-0.2, 0) is 16.3 Å². The molecule has 1 aromatic carbocycles. The Morgan fingerprint density at radius 1 is 1.34 bits per heavy atom. The van der Waals surface area contributed by atoms with Gasteiger partial charge in [-0.15, -0.1) is 0 Å². The fraction of sp³-hybridized carbons (Fsp3) is 0.429. The van der Waals surface area contributed by atoms with E-state index >= 15 is 0 Å². The highest BCUT2D eigenvalue weighted by Crippen LogP contribution is 2.25. The molecular weight excluding hydrogens is 410 g/mol. The van der Waals surface area contributed by atoms with Gasteiger partial charge in [0, 0.05) is 36.3 Å². The Morgan fingerprint density at radius 2 is 2.14 bits per heavy atom. The highest BCUT2D eigenvalue weighted by atomic mass is 35.5. The van der Waals surface area contributed by atoms with E-state index in [9.17, 15) is 8.42 Å². The summed E-state index contributed by atoms with van der Waals surface area (Å²) in [5, 5.41) is 9.72. The summed E-state index contributed by atoms with van der Waals surface area (Å²) >= 11 is 6.09. The summed E-state index contributed by atoms with van der Waals surface area (Å²) in [5.41, 5.74) is 1.65. The number of hydrogen-bond donors (Lipinski definition) is 0.